The van der Waals surface area contributed by atoms with E-state index in [2.05, 4.69) is 10.1 Å². The second-order valence-electron chi connectivity index (χ2n) is 3.32. The van der Waals surface area contributed by atoms with Crippen molar-refractivity contribution in [1.82, 2.24) is 5.32 Å². The van der Waals surface area contributed by atoms with Crippen molar-refractivity contribution in [2.75, 3.05) is 13.7 Å². The van der Waals surface area contributed by atoms with Crippen molar-refractivity contribution in [2.24, 2.45) is 5.92 Å². The van der Waals surface area contributed by atoms with Gasteiger partial charge in [-0.2, -0.15) is 0 Å². The molecule has 13 heavy (non-hydrogen) atoms. The van der Waals surface area contributed by atoms with Crippen molar-refractivity contribution in [3.63, 3.8) is 0 Å². The molecule has 1 amide bonds. The van der Waals surface area contributed by atoms with E-state index < -0.39 is 0 Å². The third-order valence-electron chi connectivity index (χ3n) is 2.34. The summed E-state index contributed by atoms with van der Waals surface area (Å²) in [4.78, 5) is 21.9. The van der Waals surface area contributed by atoms with E-state index in [1.165, 1.54) is 7.11 Å². The monoisotopic (exact) mass is 185 g/mol. The SMILES string of the molecule is COC(=O)C[C@@H]1CCNC(=O)CC1. The molecule has 1 N–H and O–H groups in total. The zero-order chi connectivity index (χ0) is 9.68. The predicted molar refractivity (Wildman–Crippen MR) is 47.0 cm³/mol. The molecule has 0 radical (unpaired) electrons. The number of carbonyl (C=O) groups excluding carboxylic acids is 2. The van der Waals surface area contributed by atoms with E-state index in [0.29, 0.717) is 25.3 Å². The van der Waals surface area contributed by atoms with Crippen LogP contribution >= 0.6 is 0 Å². The zero-order valence-electron chi connectivity index (χ0n) is 7.84. The van der Waals surface area contributed by atoms with Gasteiger partial charge >= 0.3 is 5.97 Å². The van der Waals surface area contributed by atoms with Gasteiger partial charge in [-0.05, 0) is 18.8 Å². The molecule has 1 aliphatic heterocycles. The van der Waals surface area contributed by atoms with E-state index in [-0.39, 0.29) is 11.9 Å². The third kappa shape index (κ3) is 3.44. The Morgan fingerprint density at radius 3 is 3.08 bits per heavy atom. The molecule has 4 heteroatoms. The van der Waals surface area contributed by atoms with E-state index >= 15 is 0 Å². The van der Waals surface area contributed by atoms with Gasteiger partial charge in [-0.15, -0.1) is 0 Å². The molecular formula is C9H15NO3. The van der Waals surface area contributed by atoms with Crippen LogP contribution in [0.1, 0.15) is 25.7 Å². The first-order chi connectivity index (χ1) is 6.22. The highest BCUT2D eigenvalue weighted by molar-refractivity contribution is 5.76. The quantitative estimate of drug-likeness (QED) is 0.636. The van der Waals surface area contributed by atoms with Crippen molar-refractivity contribution in [3.05, 3.63) is 0 Å². The van der Waals surface area contributed by atoms with Crippen LogP contribution in [0.5, 0.6) is 0 Å². The second-order valence-corrected chi connectivity index (χ2v) is 3.32. The maximum absolute atomic E-state index is 11.0. The average molecular weight is 185 g/mol. The van der Waals surface area contributed by atoms with Crippen LogP contribution in [0, 0.1) is 5.92 Å². The van der Waals surface area contributed by atoms with Crippen LogP contribution in [-0.2, 0) is 14.3 Å². The zero-order valence-corrected chi connectivity index (χ0v) is 7.84. The number of amides is 1. The summed E-state index contributed by atoms with van der Waals surface area (Å²) in [5.41, 5.74) is 0. The number of ether oxygens (including phenoxy) is 1. The fourth-order valence-electron chi connectivity index (χ4n) is 1.51. The molecule has 0 bridgehead atoms. The Kier molecular flexibility index (Phi) is 3.73. The Bertz CT molecular complexity index is 203. The van der Waals surface area contributed by atoms with Crippen LogP contribution in [0.4, 0.5) is 0 Å². The Labute approximate surface area is 77.6 Å². The van der Waals surface area contributed by atoms with Crippen LogP contribution in [0.15, 0.2) is 0 Å². The highest BCUT2D eigenvalue weighted by Gasteiger charge is 2.18. The molecule has 0 spiro atoms. The lowest BCUT2D eigenvalue weighted by molar-refractivity contribution is -0.141. The summed E-state index contributed by atoms with van der Waals surface area (Å²) in [5.74, 6) is 0.207. The van der Waals surface area contributed by atoms with Gasteiger partial charge < -0.3 is 10.1 Å². The van der Waals surface area contributed by atoms with Gasteiger partial charge in [-0.3, -0.25) is 9.59 Å². The molecular weight excluding hydrogens is 170 g/mol. The summed E-state index contributed by atoms with van der Waals surface area (Å²) in [6, 6.07) is 0. The molecule has 74 valence electrons. The van der Waals surface area contributed by atoms with E-state index in [1.54, 1.807) is 0 Å². The van der Waals surface area contributed by atoms with Gasteiger partial charge in [0.15, 0.2) is 0 Å². The van der Waals surface area contributed by atoms with Crippen molar-refractivity contribution in [1.29, 1.82) is 0 Å². The third-order valence-corrected chi connectivity index (χ3v) is 2.34. The summed E-state index contributed by atoms with van der Waals surface area (Å²) >= 11 is 0. The highest BCUT2D eigenvalue weighted by atomic mass is 16.5. The highest BCUT2D eigenvalue weighted by Crippen LogP contribution is 2.18. The number of carbonyl (C=O) groups is 2. The summed E-state index contributed by atoms with van der Waals surface area (Å²) < 4.78 is 4.58. The lowest BCUT2D eigenvalue weighted by Gasteiger charge is -2.10. The van der Waals surface area contributed by atoms with Crippen molar-refractivity contribution in [3.8, 4) is 0 Å². The van der Waals surface area contributed by atoms with Gasteiger partial charge in [0.25, 0.3) is 0 Å². The summed E-state index contributed by atoms with van der Waals surface area (Å²) in [7, 11) is 1.39. The van der Waals surface area contributed by atoms with Gasteiger partial charge in [-0.25, -0.2) is 0 Å². The van der Waals surface area contributed by atoms with Crippen LogP contribution in [-0.4, -0.2) is 25.5 Å². The number of methoxy groups -OCH3 is 1. The topological polar surface area (TPSA) is 55.4 Å². The van der Waals surface area contributed by atoms with Crippen molar-refractivity contribution in [2.45, 2.75) is 25.7 Å². The second kappa shape index (κ2) is 4.84. The Balaban J connectivity index is 2.33. The number of rotatable bonds is 2. The van der Waals surface area contributed by atoms with Crippen LogP contribution in [0.2, 0.25) is 0 Å². The summed E-state index contributed by atoms with van der Waals surface area (Å²) in [5, 5.41) is 2.77. The van der Waals surface area contributed by atoms with Gasteiger partial charge in [0.05, 0.1) is 7.11 Å². The molecule has 0 aromatic heterocycles. The van der Waals surface area contributed by atoms with Crippen molar-refractivity contribution < 1.29 is 14.3 Å². The standard InChI is InChI=1S/C9H15NO3/c1-13-9(12)6-7-2-3-8(11)10-5-4-7/h7H,2-6H2,1H3,(H,10,11)/t7-/m0/s1. The van der Waals surface area contributed by atoms with Gasteiger partial charge in [0.2, 0.25) is 5.91 Å². The molecule has 0 saturated carbocycles. The first-order valence-electron chi connectivity index (χ1n) is 4.56. The Hall–Kier alpha value is -1.06. The predicted octanol–water partition coefficient (Wildman–Crippen LogP) is 0.466. The van der Waals surface area contributed by atoms with Gasteiger partial charge in [0.1, 0.15) is 0 Å². The molecule has 0 aromatic rings. The number of nitrogens with one attached hydrogen (secondary N) is 1. The van der Waals surface area contributed by atoms with Crippen LogP contribution in [0.25, 0.3) is 0 Å². The average Bonchev–Trinajstić information content (AvgIpc) is 2.31. The Morgan fingerprint density at radius 2 is 2.38 bits per heavy atom. The van der Waals surface area contributed by atoms with E-state index in [1.807, 2.05) is 0 Å². The molecule has 0 aromatic carbocycles. The lowest BCUT2D eigenvalue weighted by Crippen LogP contribution is -2.21. The first kappa shape index (κ1) is 10.0. The molecule has 1 fully saturated rings. The van der Waals surface area contributed by atoms with E-state index in [4.69, 9.17) is 0 Å². The molecule has 4 nitrogen and oxygen atoms in total. The molecule has 0 aliphatic carbocycles. The van der Waals surface area contributed by atoms with Crippen molar-refractivity contribution >= 4 is 11.9 Å². The van der Waals surface area contributed by atoms with Gasteiger partial charge in [0, 0.05) is 19.4 Å². The maximum Gasteiger partial charge on any atom is 0.305 e. The minimum atomic E-state index is -0.181. The molecule has 1 aliphatic rings. The van der Waals surface area contributed by atoms with Crippen LogP contribution < -0.4 is 5.32 Å². The Morgan fingerprint density at radius 1 is 1.62 bits per heavy atom. The maximum atomic E-state index is 11.0. The first-order valence-corrected chi connectivity index (χ1v) is 4.56. The summed E-state index contributed by atoms with van der Waals surface area (Å²) in [6.07, 6.45) is 2.63. The lowest BCUT2D eigenvalue weighted by atomic mass is 9.97. The normalized spacial score (nSPS) is 23.2. The number of hydrogen-bond acceptors (Lipinski definition) is 3. The molecule has 1 rings (SSSR count). The largest absolute Gasteiger partial charge is 0.469 e. The smallest absolute Gasteiger partial charge is 0.305 e. The van der Waals surface area contributed by atoms with E-state index in [9.17, 15) is 9.59 Å². The number of hydrogen-bond donors (Lipinski definition) is 1. The molecule has 1 saturated heterocycles. The van der Waals surface area contributed by atoms with Crippen LogP contribution in [0.3, 0.4) is 0 Å². The summed E-state index contributed by atoms with van der Waals surface area (Å²) in [6.45, 7) is 0.681. The molecule has 1 atom stereocenters. The minimum absolute atomic E-state index is 0.0902. The fourth-order valence-corrected chi connectivity index (χ4v) is 1.51. The molecule has 1 heterocycles. The van der Waals surface area contributed by atoms with E-state index in [0.717, 1.165) is 12.8 Å². The fraction of sp³-hybridized carbons (Fsp3) is 0.778. The molecule has 0 unspecified atom stereocenters. The number of esters is 1. The van der Waals surface area contributed by atoms with Gasteiger partial charge in [-0.1, -0.05) is 0 Å². The minimum Gasteiger partial charge on any atom is -0.469 e.